The van der Waals surface area contributed by atoms with E-state index in [0.717, 1.165) is 25.7 Å². The second kappa shape index (κ2) is 5.93. The molecule has 1 aromatic rings. The molecule has 1 amide bonds. The van der Waals surface area contributed by atoms with E-state index >= 15 is 0 Å². The first-order valence-corrected chi connectivity index (χ1v) is 7.90. The molecule has 0 aromatic carbocycles. The van der Waals surface area contributed by atoms with Gasteiger partial charge in [-0.15, -0.1) is 0 Å². The Labute approximate surface area is 127 Å². The van der Waals surface area contributed by atoms with E-state index in [1.54, 1.807) is 4.90 Å². The highest BCUT2D eigenvalue weighted by Gasteiger charge is 2.40. The van der Waals surface area contributed by atoms with E-state index in [2.05, 4.69) is 5.10 Å². The third-order valence-electron chi connectivity index (χ3n) is 4.52. The summed E-state index contributed by atoms with van der Waals surface area (Å²) in [6, 6.07) is 0. The Hall–Kier alpha value is -1.53. The zero-order valence-electron chi connectivity index (χ0n) is 12.5. The van der Waals surface area contributed by atoms with Gasteiger partial charge in [-0.2, -0.15) is 18.3 Å². The number of hydrogen-bond acceptors (Lipinski definition) is 2. The first kappa shape index (κ1) is 15.4. The van der Waals surface area contributed by atoms with Crippen molar-refractivity contribution >= 4 is 5.91 Å². The largest absolute Gasteiger partial charge is 0.435 e. The molecule has 1 saturated heterocycles. The van der Waals surface area contributed by atoms with Crippen LogP contribution in [0.15, 0.2) is 0 Å². The molecule has 1 aliphatic heterocycles. The van der Waals surface area contributed by atoms with Crippen LogP contribution in [0.4, 0.5) is 13.2 Å². The Morgan fingerprint density at radius 1 is 1.05 bits per heavy atom. The molecule has 1 aliphatic carbocycles. The monoisotopic (exact) mass is 315 g/mol. The van der Waals surface area contributed by atoms with Crippen LogP contribution in [0.1, 0.15) is 49.1 Å². The topological polar surface area (TPSA) is 38.1 Å². The molecule has 0 N–H and O–H groups in total. The van der Waals surface area contributed by atoms with Crippen LogP contribution in [0.2, 0.25) is 0 Å². The van der Waals surface area contributed by atoms with E-state index in [9.17, 15) is 18.0 Å². The highest BCUT2D eigenvalue weighted by molar-refractivity contribution is 5.76. The van der Waals surface area contributed by atoms with Crippen molar-refractivity contribution < 1.29 is 18.0 Å². The highest BCUT2D eigenvalue weighted by atomic mass is 19.4. The number of nitrogens with zero attached hydrogens (tertiary/aromatic N) is 3. The van der Waals surface area contributed by atoms with Crippen LogP contribution in [0.25, 0.3) is 0 Å². The van der Waals surface area contributed by atoms with Crippen molar-refractivity contribution in [2.24, 2.45) is 0 Å². The summed E-state index contributed by atoms with van der Waals surface area (Å²) in [5.41, 5.74) is 0.0790. The molecule has 4 nitrogen and oxygen atoms in total. The number of fused-ring (bicyclic) bond motifs is 1. The number of carbonyl (C=O) groups is 1. The number of hydrogen-bond donors (Lipinski definition) is 0. The summed E-state index contributed by atoms with van der Waals surface area (Å²) in [7, 11) is 0. The van der Waals surface area contributed by atoms with Crippen LogP contribution in [0.3, 0.4) is 0 Å². The molecular weight excluding hydrogens is 295 g/mol. The molecule has 2 aliphatic rings. The summed E-state index contributed by atoms with van der Waals surface area (Å²) in [4.78, 5) is 14.1. The van der Waals surface area contributed by atoms with Crippen LogP contribution in [-0.4, -0.2) is 33.7 Å². The minimum Gasteiger partial charge on any atom is -0.341 e. The molecule has 7 heteroatoms. The van der Waals surface area contributed by atoms with E-state index in [0.29, 0.717) is 38.0 Å². The number of carbonyl (C=O) groups excluding carboxylic acids is 1. The van der Waals surface area contributed by atoms with Gasteiger partial charge in [0.2, 0.25) is 5.91 Å². The lowest BCUT2D eigenvalue weighted by Gasteiger charge is -2.20. The summed E-state index contributed by atoms with van der Waals surface area (Å²) in [5.74, 6) is -0.118. The molecular formula is C15H20F3N3O. The second-order valence-corrected chi connectivity index (χ2v) is 6.08. The van der Waals surface area contributed by atoms with E-state index in [4.69, 9.17) is 0 Å². The molecule has 1 fully saturated rings. The lowest BCUT2D eigenvalue weighted by Crippen LogP contribution is -2.35. The fraction of sp³-hybridized carbons (Fsp3) is 0.733. The second-order valence-electron chi connectivity index (χ2n) is 6.08. The van der Waals surface area contributed by atoms with Gasteiger partial charge in [0.05, 0.1) is 0 Å². The first-order chi connectivity index (χ1) is 10.5. The normalized spacial score (nSPS) is 19.1. The number of rotatable bonds is 2. The lowest BCUT2D eigenvalue weighted by atomic mass is 10.2. The maximum atomic E-state index is 13.0. The predicted molar refractivity (Wildman–Crippen MR) is 74.3 cm³/mol. The summed E-state index contributed by atoms with van der Waals surface area (Å²) < 4.78 is 40.4. The van der Waals surface area contributed by atoms with Crippen molar-refractivity contribution in [3.05, 3.63) is 17.0 Å². The lowest BCUT2D eigenvalue weighted by molar-refractivity contribution is -0.142. The van der Waals surface area contributed by atoms with Gasteiger partial charge in [-0.3, -0.25) is 9.48 Å². The van der Waals surface area contributed by atoms with E-state index in [1.807, 2.05) is 0 Å². The summed E-state index contributed by atoms with van der Waals surface area (Å²) in [6.45, 7) is 1.33. The fourth-order valence-corrected chi connectivity index (χ4v) is 3.42. The van der Waals surface area contributed by atoms with Crippen molar-refractivity contribution in [1.29, 1.82) is 0 Å². The van der Waals surface area contributed by atoms with E-state index in [1.165, 1.54) is 4.68 Å². The third kappa shape index (κ3) is 2.98. The highest BCUT2D eigenvalue weighted by Crippen LogP contribution is 2.36. The minimum atomic E-state index is -4.44. The Morgan fingerprint density at radius 2 is 1.73 bits per heavy atom. The molecule has 2 heterocycles. The maximum Gasteiger partial charge on any atom is 0.435 e. The Morgan fingerprint density at radius 3 is 2.36 bits per heavy atom. The van der Waals surface area contributed by atoms with Crippen LogP contribution < -0.4 is 0 Å². The summed E-state index contributed by atoms with van der Waals surface area (Å²) in [6.07, 6.45) is 1.40. The summed E-state index contributed by atoms with van der Waals surface area (Å²) in [5, 5.41) is 3.71. The molecule has 0 bridgehead atoms. The molecule has 1 aromatic heterocycles. The minimum absolute atomic E-state index is 0.0710. The number of amides is 1. The van der Waals surface area contributed by atoms with Gasteiger partial charge in [0, 0.05) is 24.3 Å². The molecule has 0 spiro atoms. The molecule has 22 heavy (non-hydrogen) atoms. The van der Waals surface area contributed by atoms with Crippen molar-refractivity contribution in [2.75, 3.05) is 13.1 Å². The summed E-state index contributed by atoms with van der Waals surface area (Å²) >= 11 is 0. The standard InChI is InChI=1S/C15H20F3N3O/c16-15(17,18)14-11-6-5-7-12(11)21(19-14)10-13(22)20-8-3-1-2-4-9-20/h1-10H2. The molecule has 0 radical (unpaired) electrons. The van der Waals surface area contributed by atoms with Crippen LogP contribution in [-0.2, 0) is 30.4 Å². The molecule has 122 valence electrons. The Kier molecular flexibility index (Phi) is 4.14. The maximum absolute atomic E-state index is 13.0. The number of likely N-dealkylation sites (tertiary alicyclic amines) is 1. The van der Waals surface area contributed by atoms with Crippen molar-refractivity contribution in [3.63, 3.8) is 0 Å². The average Bonchev–Trinajstić information content (AvgIpc) is 2.92. The van der Waals surface area contributed by atoms with Crippen molar-refractivity contribution in [1.82, 2.24) is 14.7 Å². The quantitative estimate of drug-likeness (QED) is 0.842. The number of aromatic nitrogens is 2. The van der Waals surface area contributed by atoms with Crippen LogP contribution in [0, 0.1) is 0 Å². The van der Waals surface area contributed by atoms with Crippen LogP contribution in [0.5, 0.6) is 0 Å². The molecule has 0 atom stereocenters. The average molecular weight is 315 g/mol. The SMILES string of the molecule is O=C(Cn1nc(C(F)(F)F)c2c1CCC2)N1CCCCCC1. The zero-order valence-corrected chi connectivity index (χ0v) is 12.5. The van der Waals surface area contributed by atoms with Gasteiger partial charge in [-0.1, -0.05) is 12.8 Å². The van der Waals surface area contributed by atoms with Gasteiger partial charge in [0.15, 0.2) is 5.69 Å². The zero-order chi connectivity index (χ0) is 15.7. The van der Waals surface area contributed by atoms with E-state index in [-0.39, 0.29) is 18.0 Å². The van der Waals surface area contributed by atoms with Crippen molar-refractivity contribution in [3.8, 4) is 0 Å². The molecule has 3 rings (SSSR count). The Bertz CT molecular complexity index is 557. The van der Waals surface area contributed by atoms with Gasteiger partial charge < -0.3 is 4.90 Å². The first-order valence-electron chi connectivity index (χ1n) is 7.90. The molecule has 0 unspecified atom stereocenters. The fourth-order valence-electron chi connectivity index (χ4n) is 3.42. The smallest absolute Gasteiger partial charge is 0.341 e. The number of halogens is 3. The van der Waals surface area contributed by atoms with Gasteiger partial charge >= 0.3 is 6.18 Å². The van der Waals surface area contributed by atoms with Crippen molar-refractivity contribution in [2.45, 2.75) is 57.7 Å². The third-order valence-corrected chi connectivity index (χ3v) is 4.52. The predicted octanol–water partition coefficient (Wildman–Crippen LogP) is 2.79. The van der Waals surface area contributed by atoms with Gasteiger partial charge in [-0.05, 0) is 32.1 Å². The van der Waals surface area contributed by atoms with Gasteiger partial charge in [-0.25, -0.2) is 0 Å². The number of alkyl halides is 3. The van der Waals surface area contributed by atoms with Gasteiger partial charge in [0.1, 0.15) is 6.54 Å². The van der Waals surface area contributed by atoms with Gasteiger partial charge in [0.25, 0.3) is 0 Å². The van der Waals surface area contributed by atoms with Crippen LogP contribution >= 0.6 is 0 Å². The molecule has 0 saturated carbocycles. The van der Waals surface area contributed by atoms with E-state index < -0.39 is 11.9 Å². The Balaban J connectivity index is 1.79.